The second kappa shape index (κ2) is 16.3. The molecule has 3 unspecified atom stereocenters. The fourth-order valence-electron chi connectivity index (χ4n) is 4.10. The number of carbonyl (C=O) groups is 2. The first-order valence-corrected chi connectivity index (χ1v) is 20.1. The van der Waals surface area contributed by atoms with E-state index in [0.717, 1.165) is 21.6 Å². The molecule has 1 aromatic carbocycles. The fraction of sp³-hybridized carbons (Fsp3) is 0.517. The zero-order valence-electron chi connectivity index (χ0n) is 26.5. The molecular formula is C29H43N7O6S3. The summed E-state index contributed by atoms with van der Waals surface area (Å²) in [6, 6.07) is 3.38. The van der Waals surface area contributed by atoms with E-state index in [0.29, 0.717) is 43.1 Å². The van der Waals surface area contributed by atoms with E-state index in [4.69, 9.17) is 18.9 Å². The molecule has 3 atom stereocenters. The topological polar surface area (TPSA) is 157 Å². The Morgan fingerprint density at radius 3 is 1.67 bits per heavy atom. The van der Waals surface area contributed by atoms with Crippen molar-refractivity contribution < 1.29 is 28.5 Å². The molecule has 0 aromatic heterocycles. The van der Waals surface area contributed by atoms with Gasteiger partial charge in [0.1, 0.15) is 63.4 Å². The van der Waals surface area contributed by atoms with Crippen LogP contribution in [0.25, 0.3) is 0 Å². The number of ether oxygens (including phenoxy) is 4. The summed E-state index contributed by atoms with van der Waals surface area (Å²) in [5.41, 5.74) is 5.17. The van der Waals surface area contributed by atoms with Crippen LogP contribution in [-0.4, -0.2) is 94.4 Å². The number of nitrogens with one attached hydrogen (secondary N) is 1. The van der Waals surface area contributed by atoms with E-state index in [9.17, 15) is 9.59 Å². The molecule has 1 amide bonds. The predicted molar refractivity (Wildman–Crippen MR) is 192 cm³/mol. The molecule has 3 heterocycles. The van der Waals surface area contributed by atoms with Gasteiger partial charge in [0.05, 0.1) is 16.6 Å². The van der Waals surface area contributed by atoms with Gasteiger partial charge in [-0.2, -0.15) is 48.0 Å². The Labute approximate surface area is 272 Å². The predicted octanol–water partition coefficient (Wildman–Crippen LogP) is 4.41. The monoisotopic (exact) mass is 681 g/mol. The van der Waals surface area contributed by atoms with Crippen molar-refractivity contribution in [3.8, 4) is 17.2 Å². The second-order valence-corrected chi connectivity index (χ2v) is 17.3. The van der Waals surface area contributed by atoms with Crippen LogP contribution in [0, 0.1) is 0 Å². The number of rotatable bonds is 16. The molecule has 0 fully saturated rings. The first-order valence-electron chi connectivity index (χ1n) is 14.5. The standard InChI is InChI=1S/C29H43N7O6S3/c1-29(2,3)42-26(37)10-8-7-9-11-30-28(38)27-21(40-15-24-35-32-18-44(24)5)12-20(39-14-23-34-31-17-43(23)4)13-22(27)41-16-25-36-33-19-45(25)6/h12-13,17-19,43-45H,7-11,14-16H2,1-6H3,(H,30,38). The van der Waals surface area contributed by atoms with E-state index in [1.54, 1.807) is 23.2 Å². The lowest BCUT2D eigenvalue weighted by Crippen LogP contribution is -2.27. The number of unbranched alkanes of at least 4 members (excludes halogenated alkanes) is 2. The van der Waals surface area contributed by atoms with Crippen LogP contribution in [0.2, 0.25) is 0 Å². The van der Waals surface area contributed by atoms with Gasteiger partial charge in [-0.25, -0.2) is 0 Å². The molecule has 3 aliphatic rings. The van der Waals surface area contributed by atoms with E-state index in [-0.39, 0.29) is 37.3 Å². The summed E-state index contributed by atoms with van der Waals surface area (Å²) in [7, 11) is -1.88. The molecule has 0 bridgehead atoms. The molecule has 0 saturated heterocycles. The molecule has 0 spiro atoms. The third kappa shape index (κ3) is 10.6. The Kier molecular flexibility index (Phi) is 12.5. The van der Waals surface area contributed by atoms with Crippen molar-refractivity contribution in [1.29, 1.82) is 0 Å². The summed E-state index contributed by atoms with van der Waals surface area (Å²) in [6.45, 7) is 6.53. The van der Waals surface area contributed by atoms with E-state index in [2.05, 4.69) is 42.2 Å². The smallest absolute Gasteiger partial charge is 0.306 e. The minimum absolute atomic E-state index is 0.164. The Morgan fingerprint density at radius 1 is 0.733 bits per heavy atom. The molecule has 0 aliphatic carbocycles. The SMILES string of the molecule is C[SH]1C=NN=C1COc1cc(OCC2=NN=C[SH]2C)c(C(=O)NCCCCCC(=O)OC(C)(C)C)c(OCC2=NN=C[SH]2C)c1. The van der Waals surface area contributed by atoms with Crippen molar-refractivity contribution in [1.82, 2.24) is 5.32 Å². The molecule has 4 rings (SSSR count). The second-order valence-electron chi connectivity index (χ2n) is 11.4. The molecule has 3 aliphatic heterocycles. The number of amides is 1. The number of benzene rings is 1. The zero-order valence-corrected chi connectivity index (χ0v) is 29.2. The van der Waals surface area contributed by atoms with Gasteiger partial charge in [0.25, 0.3) is 5.91 Å². The molecule has 0 saturated carbocycles. The van der Waals surface area contributed by atoms with Crippen LogP contribution in [0.15, 0.2) is 42.7 Å². The lowest BCUT2D eigenvalue weighted by atomic mass is 10.1. The van der Waals surface area contributed by atoms with E-state index in [1.807, 2.05) is 38.8 Å². The maximum absolute atomic E-state index is 13.7. The Hall–Kier alpha value is -3.37. The highest BCUT2D eigenvalue weighted by Crippen LogP contribution is 2.37. The van der Waals surface area contributed by atoms with Gasteiger partial charge in [0, 0.05) is 25.1 Å². The Bertz CT molecular complexity index is 1380. The fourth-order valence-corrected chi connectivity index (χ4v) is 6.50. The number of hydrogen-bond acceptors (Lipinski definition) is 12. The van der Waals surface area contributed by atoms with Crippen molar-refractivity contribution in [3.63, 3.8) is 0 Å². The molecule has 0 radical (unpaired) electrons. The van der Waals surface area contributed by atoms with Crippen LogP contribution < -0.4 is 19.5 Å². The van der Waals surface area contributed by atoms with E-state index >= 15 is 0 Å². The molecule has 248 valence electrons. The van der Waals surface area contributed by atoms with Crippen molar-refractivity contribution in [2.45, 2.75) is 52.1 Å². The summed E-state index contributed by atoms with van der Waals surface area (Å²) in [5.74, 6) is 0.491. The highest BCUT2D eigenvalue weighted by Gasteiger charge is 2.24. The summed E-state index contributed by atoms with van der Waals surface area (Å²) < 4.78 is 23.9. The van der Waals surface area contributed by atoms with Gasteiger partial charge in [-0.3, -0.25) is 9.59 Å². The quantitative estimate of drug-likeness (QED) is 0.115. The number of hydrogen-bond donors (Lipinski definition) is 4. The lowest BCUT2D eigenvalue weighted by molar-refractivity contribution is -0.154. The summed E-state index contributed by atoms with van der Waals surface area (Å²) in [6.07, 6.45) is 8.59. The van der Waals surface area contributed by atoms with Gasteiger partial charge < -0.3 is 24.3 Å². The average molecular weight is 682 g/mol. The maximum Gasteiger partial charge on any atom is 0.306 e. The van der Waals surface area contributed by atoms with Crippen molar-refractivity contribution in [2.24, 2.45) is 30.6 Å². The lowest BCUT2D eigenvalue weighted by Gasteiger charge is -2.20. The van der Waals surface area contributed by atoms with Gasteiger partial charge in [-0.1, -0.05) is 6.42 Å². The molecule has 45 heavy (non-hydrogen) atoms. The van der Waals surface area contributed by atoms with Gasteiger partial charge in [-0.15, -0.1) is 15.3 Å². The normalized spacial score (nSPS) is 22.5. The molecular weight excluding hydrogens is 639 g/mol. The van der Waals surface area contributed by atoms with Crippen LogP contribution in [-0.2, 0) is 9.53 Å². The number of thiol groups is 3. The maximum atomic E-state index is 13.7. The first kappa shape index (κ1) is 34.5. The van der Waals surface area contributed by atoms with Crippen LogP contribution in [0.1, 0.15) is 56.8 Å². The summed E-state index contributed by atoms with van der Waals surface area (Å²) in [4.78, 5) is 25.7. The highest BCUT2D eigenvalue weighted by molar-refractivity contribution is 8.40. The van der Waals surface area contributed by atoms with E-state index in [1.165, 1.54) is 0 Å². The molecule has 16 heteroatoms. The van der Waals surface area contributed by atoms with Crippen molar-refractivity contribution in [2.75, 3.05) is 45.1 Å². The van der Waals surface area contributed by atoms with Gasteiger partial charge in [0.15, 0.2) is 0 Å². The minimum atomic E-state index is -0.647. The van der Waals surface area contributed by atoms with E-state index < -0.39 is 38.3 Å². The summed E-state index contributed by atoms with van der Waals surface area (Å²) >= 11 is 0. The first-order chi connectivity index (χ1) is 21.5. The third-order valence-corrected chi connectivity index (χ3v) is 11.0. The van der Waals surface area contributed by atoms with Crippen molar-refractivity contribution in [3.05, 3.63) is 17.7 Å². The number of carbonyl (C=O) groups excluding carboxylic acids is 2. The number of esters is 1. The highest BCUT2D eigenvalue weighted by atomic mass is 32.2. The van der Waals surface area contributed by atoms with Gasteiger partial charge in [-0.05, 0) is 52.4 Å². The van der Waals surface area contributed by atoms with Crippen LogP contribution in [0.3, 0.4) is 0 Å². The average Bonchev–Trinajstić information content (AvgIpc) is 3.71. The third-order valence-electron chi connectivity index (χ3n) is 6.53. The van der Waals surface area contributed by atoms with Gasteiger partial charge in [0.2, 0.25) is 0 Å². The largest absolute Gasteiger partial charge is 0.486 e. The van der Waals surface area contributed by atoms with Crippen LogP contribution in [0.4, 0.5) is 0 Å². The van der Waals surface area contributed by atoms with Gasteiger partial charge >= 0.3 is 5.97 Å². The van der Waals surface area contributed by atoms with Crippen molar-refractivity contribution >= 4 is 76.3 Å². The molecule has 13 nitrogen and oxygen atoms in total. The summed E-state index contributed by atoms with van der Waals surface area (Å²) in [5, 5.41) is 30.0. The Morgan fingerprint density at radius 2 is 1.22 bits per heavy atom. The minimum Gasteiger partial charge on any atom is -0.486 e. The number of nitrogens with zero attached hydrogens (tertiary/aromatic N) is 6. The van der Waals surface area contributed by atoms with Crippen LogP contribution >= 0.6 is 32.7 Å². The molecule has 1 N–H and O–H groups in total. The Balaban J connectivity index is 1.49. The van der Waals surface area contributed by atoms with Crippen LogP contribution in [0.5, 0.6) is 17.2 Å². The molecule has 1 aromatic rings. The zero-order chi connectivity index (χ0) is 32.4.